The van der Waals surface area contributed by atoms with Gasteiger partial charge in [-0.1, -0.05) is 218 Å². The fourth-order valence-electron chi connectivity index (χ4n) is 11.4. The van der Waals surface area contributed by atoms with E-state index in [1.165, 1.54) is 109 Å². The minimum absolute atomic E-state index is 0.265. The van der Waals surface area contributed by atoms with E-state index in [4.69, 9.17) is 0 Å². The normalized spacial score (nSPS) is 19.5. The molecule has 1 heteroatoms. The van der Waals surface area contributed by atoms with Crippen molar-refractivity contribution in [1.82, 2.24) is 0 Å². The molecule has 0 bridgehead atoms. The van der Waals surface area contributed by atoms with Gasteiger partial charge in [0.05, 0.1) is 0 Å². The molecule has 4 unspecified atom stereocenters. The molecule has 4 atom stereocenters. The van der Waals surface area contributed by atoms with E-state index in [-0.39, 0.29) is 17.8 Å². The summed E-state index contributed by atoms with van der Waals surface area (Å²) in [6.45, 7) is 0. The van der Waals surface area contributed by atoms with Crippen molar-refractivity contribution in [3.05, 3.63) is 258 Å². The van der Waals surface area contributed by atoms with Crippen LogP contribution in [0.2, 0.25) is 0 Å². The second-order valence-electron chi connectivity index (χ2n) is 17.3. The highest BCUT2D eigenvalue weighted by Crippen LogP contribution is 2.56. The van der Waals surface area contributed by atoms with Crippen LogP contribution < -0.4 is 10.4 Å². The summed E-state index contributed by atoms with van der Waals surface area (Å²) in [4.78, 5) is 1.39. The smallest absolute Gasteiger partial charge is 0.0451 e. The SMILES string of the molecule is C1=CC2C(C3=CC=CC4c5cc(-c6c7ccccc7c(-c7ccc(-c8ccccc8)c8ccccc78)c7ccccc67)ccc5SC34)=c3ccccc3=C(c3ccccc3)C2C=C1. The number of thioether (sulfide) groups is 1. The first kappa shape index (κ1) is 36.5. The van der Waals surface area contributed by atoms with Crippen LogP contribution in [0.15, 0.2) is 241 Å². The number of benzene rings is 9. The molecule has 0 radical (unpaired) electrons. The van der Waals surface area contributed by atoms with E-state index in [1.54, 1.807) is 0 Å². The third kappa shape index (κ3) is 5.70. The quantitative estimate of drug-likeness (QED) is 0.156. The molecule has 0 N–H and O–H groups in total. The van der Waals surface area contributed by atoms with Gasteiger partial charge in [-0.05, 0) is 116 Å². The van der Waals surface area contributed by atoms with Crippen molar-refractivity contribution >= 4 is 55.2 Å². The summed E-state index contributed by atoms with van der Waals surface area (Å²) in [5, 5.41) is 10.7. The summed E-state index contributed by atoms with van der Waals surface area (Å²) < 4.78 is 0. The van der Waals surface area contributed by atoms with E-state index in [9.17, 15) is 0 Å². The van der Waals surface area contributed by atoms with Gasteiger partial charge in [0, 0.05) is 27.9 Å². The highest BCUT2D eigenvalue weighted by Gasteiger charge is 2.41. The van der Waals surface area contributed by atoms with E-state index in [0.29, 0.717) is 5.25 Å². The molecular formula is C62H42S. The van der Waals surface area contributed by atoms with Gasteiger partial charge in [0.25, 0.3) is 0 Å². The molecule has 9 aromatic carbocycles. The molecule has 0 spiro atoms. The lowest BCUT2D eigenvalue weighted by atomic mass is 9.68. The lowest BCUT2D eigenvalue weighted by Gasteiger charge is -2.36. The number of allylic oxidation sites excluding steroid dienone is 7. The van der Waals surface area contributed by atoms with Crippen molar-refractivity contribution in [3.63, 3.8) is 0 Å². The van der Waals surface area contributed by atoms with Crippen LogP contribution in [0.5, 0.6) is 0 Å². The monoisotopic (exact) mass is 818 g/mol. The third-order valence-corrected chi connectivity index (χ3v) is 15.5. The Balaban J connectivity index is 0.961. The molecule has 1 aliphatic heterocycles. The van der Waals surface area contributed by atoms with Gasteiger partial charge in [0.2, 0.25) is 0 Å². The predicted octanol–water partition coefficient (Wildman–Crippen LogP) is 14.6. The number of hydrogen-bond donors (Lipinski definition) is 0. The Morgan fingerprint density at radius 3 is 1.52 bits per heavy atom. The second kappa shape index (κ2) is 14.7. The van der Waals surface area contributed by atoms with Crippen LogP contribution in [0.1, 0.15) is 17.0 Å². The van der Waals surface area contributed by atoms with Crippen LogP contribution in [0.3, 0.4) is 0 Å². The molecule has 0 saturated heterocycles. The van der Waals surface area contributed by atoms with Crippen molar-refractivity contribution in [2.75, 3.05) is 0 Å². The van der Waals surface area contributed by atoms with Gasteiger partial charge in [-0.25, -0.2) is 0 Å². The average molecular weight is 819 g/mol. The molecule has 9 aromatic rings. The molecule has 1 heterocycles. The first-order valence-corrected chi connectivity index (χ1v) is 23.1. The standard InChI is InChI=1S/C62H42S/c1-3-18-39(19-4-1)42-35-36-53(44-23-8-7-22-43(42)44)60-49-28-13-11-26-47(49)59(48-27-12-14-29-50(48)60)41-34-37-57-56(38-41)54-32-17-33-55(62(54)63-57)61-51-30-15-9-24-45(51)58(40-20-5-2-6-21-40)46-25-10-16-31-52(46)61/h1-38,45,51,54,62H. The summed E-state index contributed by atoms with van der Waals surface area (Å²) >= 11 is 2.06. The molecule has 0 nitrogen and oxygen atoms in total. The van der Waals surface area contributed by atoms with Crippen molar-refractivity contribution in [2.45, 2.75) is 16.1 Å². The Hall–Kier alpha value is -7.19. The minimum atomic E-state index is 0.265. The van der Waals surface area contributed by atoms with Crippen LogP contribution in [0.25, 0.3) is 76.8 Å². The van der Waals surface area contributed by atoms with E-state index in [2.05, 4.69) is 242 Å². The summed E-state index contributed by atoms with van der Waals surface area (Å²) in [5.74, 6) is 0.815. The van der Waals surface area contributed by atoms with Gasteiger partial charge in [-0.2, -0.15) is 0 Å². The van der Waals surface area contributed by atoms with E-state index >= 15 is 0 Å². The fourth-order valence-corrected chi connectivity index (χ4v) is 12.9. The van der Waals surface area contributed by atoms with Crippen LogP contribution in [-0.4, -0.2) is 5.25 Å². The number of fused-ring (bicyclic) bond motifs is 8. The zero-order chi connectivity index (χ0) is 41.4. The lowest BCUT2D eigenvalue weighted by Crippen LogP contribution is -2.41. The molecule has 0 fully saturated rings. The van der Waals surface area contributed by atoms with Gasteiger partial charge in [0.1, 0.15) is 0 Å². The van der Waals surface area contributed by atoms with E-state index in [0.717, 1.165) is 0 Å². The zero-order valence-electron chi connectivity index (χ0n) is 34.7. The maximum atomic E-state index is 2.53. The topological polar surface area (TPSA) is 0 Å². The molecule has 3 aliphatic carbocycles. The average Bonchev–Trinajstić information content (AvgIpc) is 3.73. The molecule has 63 heavy (non-hydrogen) atoms. The zero-order valence-corrected chi connectivity index (χ0v) is 35.5. The van der Waals surface area contributed by atoms with Crippen LogP contribution >= 0.6 is 11.8 Å². The van der Waals surface area contributed by atoms with Gasteiger partial charge in [-0.15, -0.1) is 11.8 Å². The van der Waals surface area contributed by atoms with E-state index < -0.39 is 0 Å². The molecule has 13 rings (SSSR count). The lowest BCUT2D eigenvalue weighted by molar-refractivity contribution is 0.677. The predicted molar refractivity (Wildman–Crippen MR) is 268 cm³/mol. The number of rotatable bonds is 5. The third-order valence-electron chi connectivity index (χ3n) is 14.1. The summed E-state index contributed by atoms with van der Waals surface area (Å²) in [5.41, 5.74) is 14.8. The minimum Gasteiger partial charge on any atom is -0.117 e. The van der Waals surface area contributed by atoms with Crippen LogP contribution in [0, 0.1) is 11.8 Å². The van der Waals surface area contributed by atoms with Crippen molar-refractivity contribution in [2.24, 2.45) is 11.8 Å². The first-order valence-electron chi connectivity index (χ1n) is 22.2. The molecule has 296 valence electrons. The van der Waals surface area contributed by atoms with Crippen molar-refractivity contribution in [1.29, 1.82) is 0 Å². The fraction of sp³-hybridized carbons (Fsp3) is 0.0645. The number of hydrogen-bond acceptors (Lipinski definition) is 1. The first-order chi connectivity index (χ1) is 31.3. The van der Waals surface area contributed by atoms with Gasteiger partial charge in [-0.3, -0.25) is 0 Å². The Morgan fingerprint density at radius 1 is 0.349 bits per heavy atom. The van der Waals surface area contributed by atoms with Gasteiger partial charge < -0.3 is 0 Å². The maximum Gasteiger partial charge on any atom is 0.0451 e. The Morgan fingerprint density at radius 2 is 0.857 bits per heavy atom. The van der Waals surface area contributed by atoms with Crippen LogP contribution in [0.4, 0.5) is 0 Å². The largest absolute Gasteiger partial charge is 0.117 e. The Kier molecular flexibility index (Phi) is 8.52. The Bertz CT molecular complexity index is 3550. The highest BCUT2D eigenvalue weighted by molar-refractivity contribution is 8.00. The molecule has 4 aliphatic rings. The summed E-state index contributed by atoms with van der Waals surface area (Å²) in [6.07, 6.45) is 16.6. The van der Waals surface area contributed by atoms with Gasteiger partial charge >= 0.3 is 0 Å². The maximum absolute atomic E-state index is 2.53. The van der Waals surface area contributed by atoms with E-state index in [1.807, 2.05) is 0 Å². The van der Waals surface area contributed by atoms with Crippen LogP contribution in [-0.2, 0) is 0 Å². The molecule has 0 amide bonds. The second-order valence-corrected chi connectivity index (χ2v) is 18.5. The molecule has 0 aromatic heterocycles. The Labute approximate surface area is 372 Å². The van der Waals surface area contributed by atoms with Crippen molar-refractivity contribution in [3.8, 4) is 33.4 Å². The molecule has 0 saturated carbocycles. The summed E-state index contributed by atoms with van der Waals surface area (Å²) in [6, 6.07) is 70.1. The van der Waals surface area contributed by atoms with Gasteiger partial charge in [0.15, 0.2) is 0 Å². The highest BCUT2D eigenvalue weighted by atomic mass is 32.2. The van der Waals surface area contributed by atoms with Crippen molar-refractivity contribution < 1.29 is 0 Å². The molecular weight excluding hydrogens is 777 g/mol. The summed E-state index contributed by atoms with van der Waals surface area (Å²) in [7, 11) is 0.